The van der Waals surface area contributed by atoms with Gasteiger partial charge in [0.2, 0.25) is 0 Å². The van der Waals surface area contributed by atoms with Crippen LogP contribution >= 0.6 is 11.8 Å². The van der Waals surface area contributed by atoms with E-state index in [0.717, 1.165) is 40.3 Å². The number of rotatable bonds is 6. The normalized spacial score (nSPS) is 13.9. The summed E-state index contributed by atoms with van der Waals surface area (Å²) in [6.45, 7) is 1.77. The molecule has 1 aromatic carbocycles. The molecule has 7 nitrogen and oxygen atoms in total. The third kappa shape index (κ3) is 3.23. The lowest BCUT2D eigenvalue weighted by atomic mass is 10.1. The predicted molar refractivity (Wildman–Crippen MR) is 110 cm³/mol. The fourth-order valence-corrected chi connectivity index (χ4v) is 4.43. The molecule has 0 saturated heterocycles. The maximum absolute atomic E-state index is 11.8. The van der Waals surface area contributed by atoms with E-state index in [1.807, 2.05) is 18.3 Å². The number of furan rings is 1. The van der Waals surface area contributed by atoms with Crippen LogP contribution in [0.25, 0.3) is 22.3 Å². The Morgan fingerprint density at radius 2 is 2.17 bits per heavy atom. The number of aromatic amines is 1. The molecule has 0 bridgehead atoms. The summed E-state index contributed by atoms with van der Waals surface area (Å²) in [7, 11) is 1.37. The average molecular weight is 408 g/mol. The number of ether oxygens (including phenoxy) is 1. The Bertz CT molecular complexity index is 1200. The minimum absolute atomic E-state index is 0.384. The Morgan fingerprint density at radius 3 is 2.97 bits per heavy atom. The van der Waals surface area contributed by atoms with Crippen LogP contribution in [0.2, 0.25) is 0 Å². The number of nitrogens with zero attached hydrogens (tertiary/aromatic N) is 3. The Balaban J connectivity index is 1.44. The Hall–Kier alpha value is -3.00. The van der Waals surface area contributed by atoms with E-state index in [1.54, 1.807) is 24.8 Å². The van der Waals surface area contributed by atoms with Crippen LogP contribution in [0.15, 0.2) is 46.1 Å². The number of aromatic nitrogens is 4. The Kier molecular flexibility index (Phi) is 4.43. The molecule has 1 fully saturated rings. The molecule has 5 rings (SSSR count). The smallest absolute Gasteiger partial charge is 0.341 e. The largest absolute Gasteiger partial charge is 0.465 e. The number of benzene rings is 1. The first-order chi connectivity index (χ1) is 14.2. The third-order valence-corrected chi connectivity index (χ3v) is 6.09. The topological polar surface area (TPSA) is 85.9 Å². The van der Waals surface area contributed by atoms with Crippen molar-refractivity contribution in [3.63, 3.8) is 0 Å². The summed E-state index contributed by atoms with van der Waals surface area (Å²) in [6.07, 6.45) is 4.27. The number of methoxy groups -OCH3 is 1. The SMILES string of the molecule is COC(=O)c1cc(CSc2nnc(-c3c[nH]c4ccccc34)n2C2CC2)oc1C. The molecule has 0 spiro atoms. The van der Waals surface area contributed by atoms with Gasteiger partial charge < -0.3 is 14.1 Å². The number of hydrogen-bond donors (Lipinski definition) is 1. The highest BCUT2D eigenvalue weighted by Crippen LogP contribution is 2.42. The molecule has 0 aliphatic heterocycles. The monoisotopic (exact) mass is 408 g/mol. The first-order valence-electron chi connectivity index (χ1n) is 9.47. The highest BCUT2D eigenvalue weighted by molar-refractivity contribution is 7.98. The van der Waals surface area contributed by atoms with E-state index < -0.39 is 0 Å². The van der Waals surface area contributed by atoms with Crippen LogP contribution in [-0.4, -0.2) is 32.8 Å². The summed E-state index contributed by atoms with van der Waals surface area (Å²) in [5.74, 6) is 2.35. The van der Waals surface area contributed by atoms with Gasteiger partial charge >= 0.3 is 5.97 Å². The van der Waals surface area contributed by atoms with Crippen molar-refractivity contribution < 1.29 is 13.9 Å². The van der Waals surface area contributed by atoms with Crippen molar-refractivity contribution in [1.29, 1.82) is 0 Å². The van der Waals surface area contributed by atoms with Crippen LogP contribution < -0.4 is 0 Å². The number of hydrogen-bond acceptors (Lipinski definition) is 6. The van der Waals surface area contributed by atoms with Gasteiger partial charge in [-0.2, -0.15) is 0 Å². The molecule has 8 heteroatoms. The maximum Gasteiger partial charge on any atom is 0.341 e. The van der Waals surface area contributed by atoms with Gasteiger partial charge in [0.1, 0.15) is 17.1 Å². The second-order valence-corrected chi connectivity index (χ2v) is 8.06. The summed E-state index contributed by atoms with van der Waals surface area (Å²) >= 11 is 1.57. The van der Waals surface area contributed by atoms with Gasteiger partial charge in [-0.1, -0.05) is 30.0 Å². The van der Waals surface area contributed by atoms with Crippen LogP contribution in [0.3, 0.4) is 0 Å². The van der Waals surface area contributed by atoms with Crippen molar-refractivity contribution in [2.45, 2.75) is 36.7 Å². The van der Waals surface area contributed by atoms with Gasteiger partial charge in [0.15, 0.2) is 11.0 Å². The summed E-state index contributed by atoms with van der Waals surface area (Å²) in [6, 6.07) is 10.4. The van der Waals surface area contributed by atoms with Gasteiger partial charge in [0.25, 0.3) is 0 Å². The highest BCUT2D eigenvalue weighted by Gasteiger charge is 2.31. The van der Waals surface area contributed by atoms with Crippen LogP contribution in [0.5, 0.6) is 0 Å². The molecule has 3 heterocycles. The van der Waals surface area contributed by atoms with E-state index in [-0.39, 0.29) is 5.97 Å². The van der Waals surface area contributed by atoms with Crippen LogP contribution in [0.1, 0.15) is 40.8 Å². The molecule has 3 aromatic heterocycles. The number of aryl methyl sites for hydroxylation is 1. The fraction of sp³-hybridized carbons (Fsp3) is 0.286. The van der Waals surface area contributed by atoms with Crippen molar-refractivity contribution in [3.05, 3.63) is 53.6 Å². The van der Waals surface area contributed by atoms with E-state index in [9.17, 15) is 4.79 Å². The van der Waals surface area contributed by atoms with Crippen molar-refractivity contribution in [3.8, 4) is 11.4 Å². The second-order valence-electron chi connectivity index (χ2n) is 7.12. The summed E-state index contributed by atoms with van der Waals surface area (Å²) in [5.41, 5.74) is 2.61. The Morgan fingerprint density at radius 1 is 1.34 bits per heavy atom. The van der Waals surface area contributed by atoms with Crippen molar-refractivity contribution >= 4 is 28.6 Å². The standard InChI is InChI=1S/C21H20N4O3S/c1-12-16(20(26)27-2)9-14(28-12)11-29-21-24-23-19(25(21)13-7-8-13)17-10-22-18-6-4-3-5-15(17)18/h3-6,9-10,13,22H,7-8,11H2,1-2H3. The van der Waals surface area contributed by atoms with Crippen LogP contribution in [0, 0.1) is 6.92 Å². The molecule has 1 aliphatic rings. The lowest BCUT2D eigenvalue weighted by molar-refractivity contribution is 0.0599. The van der Waals surface area contributed by atoms with Gasteiger partial charge in [-0.3, -0.25) is 4.57 Å². The van der Waals surface area contributed by atoms with Gasteiger partial charge in [-0.15, -0.1) is 10.2 Å². The summed E-state index contributed by atoms with van der Waals surface area (Å²) in [4.78, 5) is 15.1. The molecule has 1 aliphatic carbocycles. The molecule has 1 saturated carbocycles. The molecule has 1 N–H and O–H groups in total. The van der Waals surface area contributed by atoms with Crippen molar-refractivity contribution in [2.75, 3.05) is 7.11 Å². The van der Waals surface area contributed by atoms with E-state index in [0.29, 0.717) is 28.9 Å². The second kappa shape index (κ2) is 7.11. The third-order valence-electron chi connectivity index (χ3n) is 5.12. The van der Waals surface area contributed by atoms with Gasteiger partial charge in [-0.25, -0.2) is 4.79 Å². The molecule has 0 atom stereocenters. The molecule has 148 valence electrons. The summed E-state index contributed by atoms with van der Waals surface area (Å²) < 4.78 is 12.8. The van der Waals surface area contributed by atoms with E-state index in [4.69, 9.17) is 9.15 Å². The van der Waals surface area contributed by atoms with Gasteiger partial charge in [0.05, 0.1) is 12.9 Å². The van der Waals surface area contributed by atoms with Gasteiger partial charge in [-0.05, 0) is 31.9 Å². The number of H-pyrrole nitrogens is 1. The average Bonchev–Trinajstić information content (AvgIpc) is 3.18. The lowest BCUT2D eigenvalue weighted by Crippen LogP contribution is -2.00. The zero-order valence-corrected chi connectivity index (χ0v) is 17.0. The predicted octanol–water partition coefficient (Wildman–Crippen LogP) is 4.74. The zero-order chi connectivity index (χ0) is 20.0. The molecule has 0 amide bonds. The molecule has 4 aromatic rings. The van der Waals surface area contributed by atoms with E-state index in [1.165, 1.54) is 7.11 Å². The van der Waals surface area contributed by atoms with Crippen molar-refractivity contribution in [2.24, 2.45) is 0 Å². The Labute approximate surface area is 171 Å². The van der Waals surface area contributed by atoms with Crippen molar-refractivity contribution in [1.82, 2.24) is 19.7 Å². The number of fused-ring (bicyclic) bond motifs is 1. The van der Waals surface area contributed by atoms with Gasteiger partial charge in [0, 0.05) is 28.7 Å². The molecular formula is C21H20N4O3S. The number of thioether (sulfide) groups is 1. The number of carbonyl (C=O) groups excluding carboxylic acids is 1. The summed E-state index contributed by atoms with van der Waals surface area (Å²) in [5, 5.41) is 11.0. The van der Waals surface area contributed by atoms with Crippen LogP contribution in [-0.2, 0) is 10.5 Å². The first-order valence-corrected chi connectivity index (χ1v) is 10.5. The van der Waals surface area contributed by atoms with Crippen LogP contribution in [0.4, 0.5) is 0 Å². The number of para-hydroxylation sites is 1. The molecule has 0 unspecified atom stereocenters. The minimum atomic E-state index is -0.384. The molecule has 29 heavy (non-hydrogen) atoms. The molecular weight excluding hydrogens is 388 g/mol. The quantitative estimate of drug-likeness (QED) is 0.366. The fourth-order valence-electron chi connectivity index (χ4n) is 3.54. The van der Waals surface area contributed by atoms with E-state index >= 15 is 0 Å². The number of nitrogens with one attached hydrogen (secondary N) is 1. The zero-order valence-electron chi connectivity index (χ0n) is 16.1. The van der Waals surface area contributed by atoms with E-state index in [2.05, 4.69) is 31.9 Å². The first kappa shape index (κ1) is 18.1. The number of carbonyl (C=O) groups is 1. The minimum Gasteiger partial charge on any atom is -0.465 e. The highest BCUT2D eigenvalue weighted by atomic mass is 32.2. The molecule has 0 radical (unpaired) electrons. The lowest BCUT2D eigenvalue weighted by Gasteiger charge is -2.07. The number of esters is 1. The maximum atomic E-state index is 11.8.